The zero-order valence-corrected chi connectivity index (χ0v) is 12.6. The van der Waals surface area contributed by atoms with Crippen LogP contribution in [0.3, 0.4) is 0 Å². The van der Waals surface area contributed by atoms with Gasteiger partial charge in [0.2, 0.25) is 0 Å². The number of hydrogen-bond acceptors (Lipinski definition) is 6. The topological polar surface area (TPSA) is 95.7 Å². The number of nitrogens with one attached hydrogen (secondary N) is 1. The van der Waals surface area contributed by atoms with Gasteiger partial charge >= 0.3 is 0 Å². The average molecular weight is 301 g/mol. The SMILES string of the molecule is CCc1nc([C@H]2CN(CCn3cc(C#N)cn3)CCO2)n[nH]1. The first kappa shape index (κ1) is 14.7. The second kappa shape index (κ2) is 6.68. The van der Waals surface area contributed by atoms with E-state index in [1.165, 1.54) is 0 Å². The normalized spacial score (nSPS) is 19.2. The number of aryl methyl sites for hydroxylation is 1. The van der Waals surface area contributed by atoms with Crippen LogP contribution < -0.4 is 0 Å². The van der Waals surface area contributed by atoms with E-state index in [-0.39, 0.29) is 6.10 Å². The fourth-order valence-electron chi connectivity index (χ4n) is 2.46. The smallest absolute Gasteiger partial charge is 0.180 e. The summed E-state index contributed by atoms with van der Waals surface area (Å²) in [6, 6.07) is 2.08. The number of nitriles is 1. The Bertz CT molecular complexity index is 656. The average Bonchev–Trinajstić information content (AvgIpc) is 3.22. The van der Waals surface area contributed by atoms with Gasteiger partial charge in [0.1, 0.15) is 18.0 Å². The van der Waals surface area contributed by atoms with Gasteiger partial charge in [0.05, 0.1) is 24.9 Å². The summed E-state index contributed by atoms with van der Waals surface area (Å²) < 4.78 is 7.57. The molecule has 3 rings (SSSR count). The molecule has 0 amide bonds. The molecule has 1 aliphatic rings. The van der Waals surface area contributed by atoms with Crippen LogP contribution in [0.15, 0.2) is 12.4 Å². The maximum atomic E-state index is 8.80. The van der Waals surface area contributed by atoms with Crippen molar-refractivity contribution < 1.29 is 4.74 Å². The summed E-state index contributed by atoms with van der Waals surface area (Å²) in [4.78, 5) is 6.76. The number of H-pyrrole nitrogens is 1. The maximum Gasteiger partial charge on any atom is 0.180 e. The van der Waals surface area contributed by atoms with E-state index in [0.717, 1.165) is 44.2 Å². The zero-order valence-electron chi connectivity index (χ0n) is 12.6. The van der Waals surface area contributed by atoms with Crippen LogP contribution in [-0.4, -0.2) is 56.1 Å². The van der Waals surface area contributed by atoms with Gasteiger partial charge in [0.25, 0.3) is 0 Å². The molecule has 0 saturated carbocycles. The van der Waals surface area contributed by atoms with E-state index in [1.807, 2.05) is 6.92 Å². The first-order valence-electron chi connectivity index (χ1n) is 7.46. The van der Waals surface area contributed by atoms with Crippen molar-refractivity contribution in [3.8, 4) is 6.07 Å². The van der Waals surface area contributed by atoms with Crippen LogP contribution in [-0.2, 0) is 17.7 Å². The van der Waals surface area contributed by atoms with Crippen molar-refractivity contribution >= 4 is 0 Å². The molecule has 22 heavy (non-hydrogen) atoms. The minimum absolute atomic E-state index is 0.0856. The monoisotopic (exact) mass is 301 g/mol. The van der Waals surface area contributed by atoms with Gasteiger partial charge in [-0.3, -0.25) is 14.7 Å². The van der Waals surface area contributed by atoms with E-state index >= 15 is 0 Å². The summed E-state index contributed by atoms with van der Waals surface area (Å²) in [5.41, 5.74) is 0.590. The number of rotatable bonds is 5. The fraction of sp³-hybridized carbons (Fsp3) is 0.571. The number of hydrogen-bond donors (Lipinski definition) is 1. The highest BCUT2D eigenvalue weighted by atomic mass is 16.5. The number of aromatic nitrogens is 5. The number of ether oxygens (including phenoxy) is 1. The van der Waals surface area contributed by atoms with Crippen molar-refractivity contribution in [3.05, 3.63) is 29.6 Å². The van der Waals surface area contributed by atoms with Crippen LogP contribution in [0, 0.1) is 11.3 Å². The van der Waals surface area contributed by atoms with E-state index in [9.17, 15) is 0 Å². The molecule has 8 nitrogen and oxygen atoms in total. The lowest BCUT2D eigenvalue weighted by atomic mass is 10.2. The van der Waals surface area contributed by atoms with E-state index in [0.29, 0.717) is 12.2 Å². The Hall–Kier alpha value is -2.24. The Morgan fingerprint density at radius 3 is 3.14 bits per heavy atom. The third-order valence-electron chi connectivity index (χ3n) is 3.73. The molecule has 0 unspecified atom stereocenters. The Balaban J connectivity index is 1.55. The molecule has 116 valence electrons. The Kier molecular flexibility index (Phi) is 4.46. The number of nitrogens with zero attached hydrogens (tertiary/aromatic N) is 6. The van der Waals surface area contributed by atoms with Gasteiger partial charge in [0.15, 0.2) is 5.82 Å². The van der Waals surface area contributed by atoms with Crippen LogP contribution in [0.1, 0.15) is 30.2 Å². The molecule has 3 heterocycles. The van der Waals surface area contributed by atoms with Crippen LogP contribution in [0.5, 0.6) is 0 Å². The molecule has 0 radical (unpaired) electrons. The molecule has 1 saturated heterocycles. The molecule has 1 atom stereocenters. The summed E-state index contributed by atoms with van der Waals surface area (Å²) in [5.74, 6) is 1.61. The van der Waals surface area contributed by atoms with Gasteiger partial charge in [0, 0.05) is 32.3 Å². The highest BCUT2D eigenvalue weighted by Crippen LogP contribution is 2.19. The van der Waals surface area contributed by atoms with Crippen molar-refractivity contribution in [1.29, 1.82) is 5.26 Å². The van der Waals surface area contributed by atoms with Crippen molar-refractivity contribution in [1.82, 2.24) is 29.9 Å². The van der Waals surface area contributed by atoms with Crippen molar-refractivity contribution in [2.24, 2.45) is 0 Å². The highest BCUT2D eigenvalue weighted by Gasteiger charge is 2.25. The molecule has 8 heteroatoms. The zero-order chi connectivity index (χ0) is 15.4. The quantitative estimate of drug-likeness (QED) is 0.864. The van der Waals surface area contributed by atoms with Gasteiger partial charge < -0.3 is 4.74 Å². The lowest BCUT2D eigenvalue weighted by Crippen LogP contribution is -2.40. The first-order valence-corrected chi connectivity index (χ1v) is 7.46. The predicted molar refractivity (Wildman–Crippen MR) is 77.8 cm³/mol. The molecule has 1 aliphatic heterocycles. The Morgan fingerprint density at radius 2 is 2.41 bits per heavy atom. The number of aromatic amines is 1. The fourth-order valence-corrected chi connectivity index (χ4v) is 2.46. The Labute approximate surface area is 128 Å². The predicted octanol–water partition coefficient (Wildman–Crippen LogP) is 0.509. The highest BCUT2D eigenvalue weighted by molar-refractivity contribution is 5.21. The lowest BCUT2D eigenvalue weighted by molar-refractivity contribution is -0.0352. The second-order valence-electron chi connectivity index (χ2n) is 5.26. The van der Waals surface area contributed by atoms with E-state index < -0.39 is 0 Å². The molecule has 2 aromatic rings. The van der Waals surface area contributed by atoms with Crippen molar-refractivity contribution in [3.63, 3.8) is 0 Å². The number of morpholine rings is 1. The van der Waals surface area contributed by atoms with E-state index in [1.54, 1.807) is 17.1 Å². The van der Waals surface area contributed by atoms with Crippen LogP contribution in [0.4, 0.5) is 0 Å². The van der Waals surface area contributed by atoms with Gasteiger partial charge in [-0.2, -0.15) is 15.5 Å². The van der Waals surface area contributed by atoms with Gasteiger partial charge in [-0.1, -0.05) is 6.92 Å². The van der Waals surface area contributed by atoms with Crippen molar-refractivity contribution in [2.45, 2.75) is 26.0 Å². The summed E-state index contributed by atoms with van der Waals surface area (Å²) in [7, 11) is 0. The Morgan fingerprint density at radius 1 is 1.50 bits per heavy atom. The summed E-state index contributed by atoms with van der Waals surface area (Å²) >= 11 is 0. The van der Waals surface area contributed by atoms with Crippen LogP contribution >= 0.6 is 0 Å². The van der Waals surface area contributed by atoms with E-state index in [2.05, 4.69) is 31.2 Å². The van der Waals surface area contributed by atoms with Crippen LogP contribution in [0.2, 0.25) is 0 Å². The molecule has 1 fully saturated rings. The van der Waals surface area contributed by atoms with Gasteiger partial charge in [-0.15, -0.1) is 0 Å². The van der Waals surface area contributed by atoms with Gasteiger partial charge in [-0.05, 0) is 0 Å². The molecule has 1 N–H and O–H groups in total. The third kappa shape index (κ3) is 3.32. The molecule has 0 aromatic carbocycles. The summed E-state index contributed by atoms with van der Waals surface area (Å²) in [5, 5.41) is 20.1. The minimum atomic E-state index is -0.0856. The van der Waals surface area contributed by atoms with Gasteiger partial charge in [-0.25, -0.2) is 4.98 Å². The molecular weight excluding hydrogens is 282 g/mol. The largest absolute Gasteiger partial charge is 0.367 e. The molecule has 2 aromatic heterocycles. The molecule has 0 bridgehead atoms. The first-order chi connectivity index (χ1) is 10.8. The standard InChI is InChI=1S/C14H19N7O/c1-2-13-17-14(19-18-13)12-10-20(5-6-22-12)3-4-21-9-11(7-15)8-16-21/h8-9,12H,2-6,10H2,1H3,(H,17,18,19)/t12-/m1/s1. The minimum Gasteiger partial charge on any atom is -0.367 e. The summed E-state index contributed by atoms with van der Waals surface area (Å²) in [6.45, 7) is 5.97. The molecule has 0 spiro atoms. The van der Waals surface area contributed by atoms with Crippen LogP contribution in [0.25, 0.3) is 0 Å². The molecular formula is C14H19N7O. The summed E-state index contributed by atoms with van der Waals surface area (Å²) in [6.07, 6.45) is 4.10. The third-order valence-corrected chi connectivity index (χ3v) is 3.73. The second-order valence-corrected chi connectivity index (χ2v) is 5.26. The van der Waals surface area contributed by atoms with E-state index in [4.69, 9.17) is 10.00 Å². The lowest BCUT2D eigenvalue weighted by Gasteiger charge is -2.31. The van der Waals surface area contributed by atoms with Crippen molar-refractivity contribution in [2.75, 3.05) is 26.2 Å². The maximum absolute atomic E-state index is 8.80. The molecule has 0 aliphatic carbocycles.